The van der Waals surface area contributed by atoms with Crippen molar-refractivity contribution in [2.75, 3.05) is 6.26 Å². The minimum Gasteiger partial charge on any atom is -0.297 e. The number of Topliss-reactive ketones (excluding diaryl/α,β-unsaturated/α-hetero) is 1. The summed E-state index contributed by atoms with van der Waals surface area (Å²) in [5, 5.41) is -1.57. The van der Waals surface area contributed by atoms with Gasteiger partial charge in [-0.1, -0.05) is 43.5 Å². The molecule has 0 spiro atoms. The maximum absolute atomic E-state index is 12.5. The average molecular weight is 481 g/mol. The molecule has 11 heteroatoms. The monoisotopic (exact) mass is 478 g/mol. The van der Waals surface area contributed by atoms with Gasteiger partial charge in [-0.15, -0.1) is 0 Å². The predicted octanol–water partition coefficient (Wildman–Crippen LogP) is 3.73. The minimum absolute atomic E-state index is 0.364. The summed E-state index contributed by atoms with van der Waals surface area (Å²) >= 11 is 10.9. The number of hydrogen-bond acceptors (Lipinski definition) is 4. The molecule has 0 amide bonds. The van der Waals surface area contributed by atoms with Gasteiger partial charge in [-0.3, -0.25) is 8.98 Å². The van der Waals surface area contributed by atoms with E-state index < -0.39 is 42.4 Å². The maximum atomic E-state index is 12.5. The maximum Gasteiger partial charge on any atom is 0.426 e. The Morgan fingerprint density at radius 1 is 1.29 bits per heavy atom. The number of ketones is 1. The van der Waals surface area contributed by atoms with Crippen molar-refractivity contribution in [2.24, 2.45) is 5.41 Å². The summed E-state index contributed by atoms with van der Waals surface area (Å²) < 4.78 is 63.6. The lowest BCUT2D eigenvalue weighted by atomic mass is 9.82. The molecule has 4 nitrogen and oxygen atoms in total. The fraction of sp³-hybridized carbons (Fsp3) is 0.700. The molecule has 21 heavy (non-hydrogen) atoms. The van der Waals surface area contributed by atoms with Crippen LogP contribution in [-0.4, -0.2) is 36.5 Å². The highest BCUT2D eigenvalue weighted by Gasteiger charge is 2.43. The van der Waals surface area contributed by atoms with Gasteiger partial charge >= 0.3 is 6.18 Å². The van der Waals surface area contributed by atoms with E-state index in [0.29, 0.717) is 12.3 Å². The smallest absolute Gasteiger partial charge is 0.297 e. The molecule has 0 heterocycles. The van der Waals surface area contributed by atoms with E-state index in [2.05, 4.69) is 36.0 Å². The highest BCUT2D eigenvalue weighted by molar-refractivity contribution is 9.25. The molecule has 124 valence electrons. The van der Waals surface area contributed by atoms with Crippen LogP contribution in [0.1, 0.15) is 13.8 Å². The third kappa shape index (κ3) is 6.98. The summed E-state index contributed by atoms with van der Waals surface area (Å²) in [4.78, 5) is 12.0. The average Bonchev–Trinajstić information content (AvgIpc) is 2.23. The topological polar surface area (TPSA) is 60.4 Å². The Morgan fingerprint density at radius 3 is 2.00 bits per heavy atom. The van der Waals surface area contributed by atoms with E-state index in [4.69, 9.17) is 11.6 Å². The van der Waals surface area contributed by atoms with Gasteiger partial charge in [0.1, 0.15) is 14.9 Å². The number of carbonyl (C=O) groups excluding carboxylic acids is 1. The largest absolute Gasteiger partial charge is 0.426 e. The number of carbonyl (C=O) groups is 1. The molecular formula is C10H12Br2ClF3O4S. The van der Waals surface area contributed by atoms with Crippen LogP contribution in [0.25, 0.3) is 0 Å². The fourth-order valence-corrected chi connectivity index (χ4v) is 3.16. The summed E-state index contributed by atoms with van der Waals surface area (Å²) in [6.45, 7) is 2.50. The van der Waals surface area contributed by atoms with Crippen molar-refractivity contribution >= 4 is 59.4 Å². The van der Waals surface area contributed by atoms with Crippen molar-refractivity contribution < 1.29 is 30.6 Å². The van der Waals surface area contributed by atoms with Gasteiger partial charge in [0.2, 0.25) is 0 Å². The van der Waals surface area contributed by atoms with E-state index in [0.717, 1.165) is 0 Å². The SMILES string of the molecule is CC(C)(C(=O)C(Br)Br)C(C=C(Cl)C(F)(F)F)OS(C)(=O)=O. The first kappa shape index (κ1) is 21.4. The van der Waals surface area contributed by atoms with Crippen molar-refractivity contribution in [3.63, 3.8) is 0 Å². The molecule has 0 aliphatic carbocycles. The highest BCUT2D eigenvalue weighted by atomic mass is 79.9. The molecule has 0 rings (SSSR count). The molecule has 0 aromatic heterocycles. The molecular weight excluding hydrogens is 468 g/mol. The van der Waals surface area contributed by atoms with Crippen molar-refractivity contribution in [2.45, 2.75) is 29.9 Å². The van der Waals surface area contributed by atoms with Gasteiger partial charge in [-0.25, -0.2) is 0 Å². The Hall–Kier alpha value is 0.360. The molecule has 0 aliphatic heterocycles. The van der Waals surface area contributed by atoms with Crippen LogP contribution in [0.2, 0.25) is 0 Å². The first-order valence-electron chi connectivity index (χ1n) is 5.24. The van der Waals surface area contributed by atoms with Gasteiger partial charge in [-0.2, -0.15) is 21.6 Å². The standard InChI is InChI=1S/C10H12Br2ClF3O4S/c1-9(2,7(17)8(11)12)6(20-21(3,18)19)4-5(13)10(14,15)16/h4,6,8H,1-3H3. The van der Waals surface area contributed by atoms with Crippen LogP contribution < -0.4 is 0 Å². The molecule has 0 aromatic rings. The lowest BCUT2D eigenvalue weighted by molar-refractivity contribution is -0.128. The minimum atomic E-state index is -4.87. The van der Waals surface area contributed by atoms with Gasteiger partial charge in [0.15, 0.2) is 5.78 Å². The van der Waals surface area contributed by atoms with Crippen molar-refractivity contribution in [1.29, 1.82) is 0 Å². The number of halogens is 6. The van der Waals surface area contributed by atoms with Crippen LogP contribution in [0.4, 0.5) is 13.2 Å². The quantitative estimate of drug-likeness (QED) is 0.430. The molecule has 0 N–H and O–H groups in total. The van der Waals surface area contributed by atoms with Crippen molar-refractivity contribution in [3.8, 4) is 0 Å². The molecule has 0 radical (unpaired) electrons. The van der Waals surface area contributed by atoms with Gasteiger partial charge in [-0.05, 0) is 19.9 Å². The normalized spacial score (nSPS) is 16.2. The lowest BCUT2D eigenvalue weighted by Crippen LogP contribution is -2.42. The van der Waals surface area contributed by atoms with E-state index in [-0.39, 0.29) is 0 Å². The van der Waals surface area contributed by atoms with Crippen LogP contribution in [0.15, 0.2) is 11.1 Å². The summed E-state index contributed by atoms with van der Waals surface area (Å²) in [5.74, 6) is -0.612. The summed E-state index contributed by atoms with van der Waals surface area (Å²) in [6.07, 6.45) is -5.56. The molecule has 1 atom stereocenters. The first-order chi connectivity index (χ1) is 9.09. The van der Waals surface area contributed by atoms with Gasteiger partial charge in [0.05, 0.1) is 11.7 Å². The Bertz CT molecular complexity index is 529. The van der Waals surface area contributed by atoms with Gasteiger partial charge in [0, 0.05) is 0 Å². The van der Waals surface area contributed by atoms with Crippen LogP contribution in [0.3, 0.4) is 0 Å². The Morgan fingerprint density at radius 2 is 1.71 bits per heavy atom. The van der Waals surface area contributed by atoms with E-state index in [1.807, 2.05) is 0 Å². The molecule has 0 saturated heterocycles. The summed E-state index contributed by atoms with van der Waals surface area (Å²) in [7, 11) is -4.11. The van der Waals surface area contributed by atoms with E-state index in [1.54, 1.807) is 0 Å². The van der Waals surface area contributed by atoms with Crippen LogP contribution >= 0.6 is 43.5 Å². The van der Waals surface area contributed by atoms with Gasteiger partial charge < -0.3 is 0 Å². The second-order valence-corrected chi connectivity index (χ2v) is 9.69. The lowest BCUT2D eigenvalue weighted by Gasteiger charge is -2.30. The van der Waals surface area contributed by atoms with E-state index in [1.165, 1.54) is 13.8 Å². The Balaban J connectivity index is 5.81. The first-order valence-corrected chi connectivity index (χ1v) is 9.27. The zero-order valence-corrected chi connectivity index (χ0v) is 15.8. The fourth-order valence-electron chi connectivity index (χ4n) is 1.19. The third-order valence-corrected chi connectivity index (χ3v) is 4.12. The molecule has 0 aliphatic rings. The summed E-state index contributed by atoms with van der Waals surface area (Å²) in [5.41, 5.74) is -1.59. The summed E-state index contributed by atoms with van der Waals surface area (Å²) in [6, 6.07) is 0. The second kappa shape index (κ2) is 7.29. The number of alkyl halides is 5. The van der Waals surface area contributed by atoms with E-state index >= 15 is 0 Å². The number of allylic oxidation sites excluding steroid dienone is 1. The zero-order chi connectivity index (χ0) is 17.2. The molecule has 1 unspecified atom stereocenters. The predicted molar refractivity (Wildman–Crippen MR) is 80.1 cm³/mol. The van der Waals surface area contributed by atoms with Gasteiger partial charge in [0.25, 0.3) is 10.1 Å². The highest BCUT2D eigenvalue weighted by Crippen LogP contribution is 2.36. The Labute approximate surface area is 142 Å². The third-order valence-electron chi connectivity index (χ3n) is 2.39. The number of rotatable bonds is 6. The van der Waals surface area contributed by atoms with Crippen LogP contribution in [0.5, 0.6) is 0 Å². The molecule has 0 bridgehead atoms. The Kier molecular flexibility index (Phi) is 7.41. The second-order valence-electron chi connectivity index (χ2n) is 4.62. The van der Waals surface area contributed by atoms with Crippen LogP contribution in [0, 0.1) is 5.41 Å². The van der Waals surface area contributed by atoms with Crippen LogP contribution in [-0.2, 0) is 19.1 Å². The molecule has 0 aromatic carbocycles. The van der Waals surface area contributed by atoms with E-state index in [9.17, 15) is 26.4 Å². The van der Waals surface area contributed by atoms with Crippen molar-refractivity contribution in [1.82, 2.24) is 0 Å². The molecule has 0 saturated carbocycles. The zero-order valence-electron chi connectivity index (χ0n) is 11.0. The molecule has 0 fully saturated rings. The van der Waals surface area contributed by atoms with Crippen molar-refractivity contribution in [3.05, 3.63) is 11.1 Å². The number of hydrogen-bond donors (Lipinski definition) is 0.